The van der Waals surface area contributed by atoms with E-state index in [1.54, 1.807) is 6.92 Å². The number of carbonyl (C=O) groups excluding carboxylic acids is 1. The minimum atomic E-state index is -1.70. The third-order valence-corrected chi connectivity index (χ3v) is 4.33. The van der Waals surface area contributed by atoms with Gasteiger partial charge in [0.1, 0.15) is 0 Å². The Morgan fingerprint density at radius 1 is 1.28 bits per heavy atom. The van der Waals surface area contributed by atoms with Gasteiger partial charge >= 0.3 is 11.9 Å². The standard InChI is InChI=1S/C13H26O4Si/c1-7-17-12(16)13(11(14)15,8-10(2)3)9-18(4,5)6/h10H,7-9H2,1-6H3,(H,14,15). The summed E-state index contributed by atoms with van der Waals surface area (Å²) in [5.41, 5.74) is -1.37. The number of ether oxygens (including phenoxy) is 1. The molecule has 18 heavy (non-hydrogen) atoms. The van der Waals surface area contributed by atoms with Crippen LogP contribution in [0.5, 0.6) is 0 Å². The second kappa shape index (κ2) is 6.36. The molecule has 0 amide bonds. The fraction of sp³-hybridized carbons (Fsp3) is 0.846. The van der Waals surface area contributed by atoms with Crippen LogP contribution >= 0.6 is 0 Å². The smallest absolute Gasteiger partial charge is 0.323 e. The van der Waals surface area contributed by atoms with Crippen molar-refractivity contribution in [3.63, 3.8) is 0 Å². The molecule has 4 nitrogen and oxygen atoms in total. The van der Waals surface area contributed by atoms with Crippen LogP contribution in [0.4, 0.5) is 0 Å². The summed E-state index contributed by atoms with van der Waals surface area (Å²) in [5.74, 6) is -1.48. The molecular formula is C13H26O4Si. The normalized spacial score (nSPS) is 15.3. The van der Waals surface area contributed by atoms with Crippen LogP contribution in [0.3, 0.4) is 0 Å². The summed E-state index contributed by atoms with van der Waals surface area (Å²) in [7, 11) is -1.70. The number of aliphatic carboxylic acids is 1. The van der Waals surface area contributed by atoms with Crippen molar-refractivity contribution in [2.75, 3.05) is 6.61 Å². The van der Waals surface area contributed by atoms with E-state index in [9.17, 15) is 14.7 Å². The van der Waals surface area contributed by atoms with E-state index in [4.69, 9.17) is 4.74 Å². The molecule has 1 N–H and O–H groups in total. The Morgan fingerprint density at radius 2 is 1.78 bits per heavy atom. The van der Waals surface area contributed by atoms with Gasteiger partial charge in [0.15, 0.2) is 5.41 Å². The number of hydrogen-bond donors (Lipinski definition) is 1. The van der Waals surface area contributed by atoms with Gasteiger partial charge in [0, 0.05) is 8.07 Å². The lowest BCUT2D eigenvalue weighted by atomic mass is 9.81. The Morgan fingerprint density at radius 3 is 2.06 bits per heavy atom. The van der Waals surface area contributed by atoms with Crippen LogP contribution in [-0.2, 0) is 14.3 Å². The molecular weight excluding hydrogens is 248 g/mol. The maximum absolute atomic E-state index is 12.1. The number of carbonyl (C=O) groups is 2. The first kappa shape index (κ1) is 17.2. The fourth-order valence-corrected chi connectivity index (χ4v) is 4.60. The molecule has 0 rings (SSSR count). The first-order chi connectivity index (χ1) is 8.05. The molecule has 0 aliphatic rings. The van der Waals surface area contributed by atoms with Crippen LogP contribution in [-0.4, -0.2) is 31.7 Å². The molecule has 0 radical (unpaired) electrons. The van der Waals surface area contributed by atoms with Crippen LogP contribution in [0.15, 0.2) is 0 Å². The largest absolute Gasteiger partial charge is 0.480 e. The van der Waals surface area contributed by atoms with Crippen LogP contribution in [0.2, 0.25) is 25.7 Å². The molecule has 1 unspecified atom stereocenters. The van der Waals surface area contributed by atoms with Crippen LogP contribution in [0, 0.1) is 11.3 Å². The molecule has 0 aliphatic carbocycles. The van der Waals surface area contributed by atoms with Crippen molar-refractivity contribution in [2.45, 2.75) is 52.9 Å². The van der Waals surface area contributed by atoms with Gasteiger partial charge < -0.3 is 9.84 Å². The molecule has 1 atom stereocenters. The molecule has 0 spiro atoms. The van der Waals surface area contributed by atoms with Crippen LogP contribution in [0.25, 0.3) is 0 Å². The molecule has 0 bridgehead atoms. The summed E-state index contributed by atoms with van der Waals surface area (Å²) in [6.45, 7) is 12.0. The quantitative estimate of drug-likeness (QED) is 0.440. The lowest BCUT2D eigenvalue weighted by molar-refractivity contribution is -0.168. The average molecular weight is 274 g/mol. The highest BCUT2D eigenvalue weighted by molar-refractivity contribution is 6.76. The van der Waals surface area contributed by atoms with E-state index in [1.165, 1.54) is 0 Å². The Balaban J connectivity index is 5.42. The summed E-state index contributed by atoms with van der Waals surface area (Å²) >= 11 is 0. The summed E-state index contributed by atoms with van der Waals surface area (Å²) < 4.78 is 5.02. The van der Waals surface area contributed by atoms with Crippen molar-refractivity contribution >= 4 is 20.0 Å². The number of rotatable bonds is 7. The van der Waals surface area contributed by atoms with Gasteiger partial charge in [-0.25, -0.2) is 0 Å². The van der Waals surface area contributed by atoms with Crippen molar-refractivity contribution in [1.29, 1.82) is 0 Å². The average Bonchev–Trinajstić information content (AvgIpc) is 2.13. The summed E-state index contributed by atoms with van der Waals surface area (Å²) in [4.78, 5) is 23.8. The summed E-state index contributed by atoms with van der Waals surface area (Å²) in [6, 6.07) is 0.423. The molecule has 5 heteroatoms. The minimum absolute atomic E-state index is 0.141. The molecule has 0 fully saturated rings. The zero-order chi connectivity index (χ0) is 14.6. The fourth-order valence-electron chi connectivity index (χ4n) is 2.35. The van der Waals surface area contributed by atoms with E-state index in [0.29, 0.717) is 12.5 Å². The molecule has 0 aliphatic heterocycles. The van der Waals surface area contributed by atoms with Gasteiger partial charge in [-0.2, -0.15) is 0 Å². The predicted molar refractivity (Wildman–Crippen MR) is 74.3 cm³/mol. The van der Waals surface area contributed by atoms with Gasteiger partial charge in [0.2, 0.25) is 0 Å². The maximum atomic E-state index is 12.1. The first-order valence-electron chi connectivity index (χ1n) is 6.46. The monoisotopic (exact) mass is 274 g/mol. The highest BCUT2D eigenvalue weighted by Crippen LogP contribution is 2.37. The predicted octanol–water partition coefficient (Wildman–Crippen LogP) is 3.00. The highest BCUT2D eigenvalue weighted by atomic mass is 28.3. The van der Waals surface area contributed by atoms with Crippen molar-refractivity contribution in [1.82, 2.24) is 0 Å². The van der Waals surface area contributed by atoms with E-state index in [0.717, 1.165) is 0 Å². The Hall–Kier alpha value is -0.843. The molecule has 106 valence electrons. The number of carboxylic acids is 1. The zero-order valence-corrected chi connectivity index (χ0v) is 13.4. The zero-order valence-electron chi connectivity index (χ0n) is 12.4. The minimum Gasteiger partial charge on any atom is -0.480 e. The first-order valence-corrected chi connectivity index (χ1v) is 10.2. The van der Waals surface area contributed by atoms with Gasteiger partial charge in [0.25, 0.3) is 0 Å². The van der Waals surface area contributed by atoms with Gasteiger partial charge in [0.05, 0.1) is 6.61 Å². The molecule has 0 saturated heterocycles. The van der Waals surface area contributed by atoms with Gasteiger partial charge in [-0.05, 0) is 25.3 Å². The highest BCUT2D eigenvalue weighted by Gasteiger charge is 2.50. The number of carboxylic acid groups (broad SMARTS) is 1. The number of hydrogen-bond acceptors (Lipinski definition) is 3. The van der Waals surface area contributed by atoms with E-state index in [2.05, 4.69) is 19.6 Å². The van der Waals surface area contributed by atoms with Gasteiger partial charge in [-0.15, -0.1) is 0 Å². The van der Waals surface area contributed by atoms with Crippen molar-refractivity contribution in [2.24, 2.45) is 11.3 Å². The third kappa shape index (κ3) is 4.80. The lowest BCUT2D eigenvalue weighted by Gasteiger charge is -2.33. The van der Waals surface area contributed by atoms with Crippen molar-refractivity contribution in [3.05, 3.63) is 0 Å². The Bertz CT molecular complexity index is 307. The van der Waals surface area contributed by atoms with E-state index in [-0.39, 0.29) is 12.5 Å². The SMILES string of the molecule is CCOC(=O)C(CC(C)C)(C[Si](C)(C)C)C(=O)O. The molecule has 0 saturated carbocycles. The second-order valence-electron chi connectivity index (χ2n) is 6.44. The van der Waals surface area contributed by atoms with Crippen LogP contribution < -0.4 is 0 Å². The second-order valence-corrected chi connectivity index (χ2v) is 11.9. The Kier molecular flexibility index (Phi) is 6.06. The topological polar surface area (TPSA) is 63.6 Å². The van der Waals surface area contributed by atoms with Crippen LogP contribution in [0.1, 0.15) is 27.2 Å². The van der Waals surface area contributed by atoms with E-state index in [1.807, 2.05) is 13.8 Å². The van der Waals surface area contributed by atoms with Gasteiger partial charge in [-0.3, -0.25) is 9.59 Å². The lowest BCUT2D eigenvalue weighted by Crippen LogP contribution is -2.46. The summed E-state index contributed by atoms with van der Waals surface area (Å²) in [6.07, 6.45) is 0.339. The molecule has 0 aromatic heterocycles. The maximum Gasteiger partial charge on any atom is 0.323 e. The molecule has 0 aromatic rings. The van der Waals surface area contributed by atoms with E-state index >= 15 is 0 Å². The van der Waals surface area contributed by atoms with Gasteiger partial charge in [-0.1, -0.05) is 33.5 Å². The summed E-state index contributed by atoms with van der Waals surface area (Å²) in [5, 5.41) is 9.55. The molecule has 0 aromatic carbocycles. The number of esters is 1. The van der Waals surface area contributed by atoms with E-state index < -0.39 is 25.4 Å². The van der Waals surface area contributed by atoms with Crippen molar-refractivity contribution < 1.29 is 19.4 Å². The molecule has 0 heterocycles. The Labute approximate surface area is 111 Å². The third-order valence-electron chi connectivity index (χ3n) is 2.66. The van der Waals surface area contributed by atoms with Crippen molar-refractivity contribution in [3.8, 4) is 0 Å².